The molecule has 6 nitrogen and oxygen atoms in total. The van der Waals surface area contributed by atoms with Crippen molar-refractivity contribution in [2.75, 3.05) is 12.8 Å². The fourth-order valence-electron chi connectivity index (χ4n) is 2.05. The van der Waals surface area contributed by atoms with E-state index >= 15 is 0 Å². The van der Waals surface area contributed by atoms with Crippen LogP contribution in [0.3, 0.4) is 0 Å². The summed E-state index contributed by atoms with van der Waals surface area (Å²) in [5.74, 6) is -0.262. The number of rotatable bonds is 2. The second kappa shape index (κ2) is 5.06. The smallest absolute Gasteiger partial charge is 0.337 e. The number of anilines is 1. The summed E-state index contributed by atoms with van der Waals surface area (Å²) in [5, 5.41) is 0.990. The molecule has 1 aromatic carbocycles. The monoisotopic (exact) mass is 302 g/mol. The Kier molecular flexibility index (Phi) is 3.23. The van der Waals surface area contributed by atoms with Gasteiger partial charge in [0.05, 0.1) is 18.1 Å². The van der Waals surface area contributed by atoms with Gasteiger partial charge in [0.15, 0.2) is 0 Å². The van der Waals surface area contributed by atoms with Crippen molar-refractivity contribution >= 4 is 34.6 Å². The van der Waals surface area contributed by atoms with Crippen molar-refractivity contribution in [2.24, 2.45) is 0 Å². The molecule has 0 aliphatic heterocycles. The van der Waals surface area contributed by atoms with Gasteiger partial charge >= 0.3 is 5.97 Å². The quantitative estimate of drug-likeness (QED) is 0.560. The van der Waals surface area contributed by atoms with Crippen molar-refractivity contribution in [1.29, 1.82) is 0 Å². The average molecular weight is 303 g/mol. The molecule has 0 saturated heterocycles. The van der Waals surface area contributed by atoms with Crippen LogP contribution in [0, 0.1) is 0 Å². The fourth-order valence-corrected chi connectivity index (χ4v) is 2.28. The fraction of sp³-hybridized carbons (Fsp3) is 0.0714. The Morgan fingerprint density at radius 1 is 1.29 bits per heavy atom. The second-order valence-corrected chi connectivity index (χ2v) is 4.74. The molecular formula is C14H11ClN4O2. The van der Waals surface area contributed by atoms with E-state index in [-0.39, 0.29) is 11.9 Å². The highest BCUT2D eigenvalue weighted by molar-refractivity contribution is 6.34. The molecule has 3 rings (SSSR count). The summed E-state index contributed by atoms with van der Waals surface area (Å²) in [5.41, 5.74) is 8.31. The molecule has 0 unspecified atom stereocenters. The van der Waals surface area contributed by atoms with E-state index in [9.17, 15) is 4.79 Å². The number of benzene rings is 1. The minimum atomic E-state index is -0.375. The molecule has 0 aliphatic rings. The van der Waals surface area contributed by atoms with E-state index in [1.165, 1.54) is 7.11 Å². The van der Waals surface area contributed by atoms with Crippen LogP contribution in [0.25, 0.3) is 22.3 Å². The number of methoxy groups -OCH3 is 1. The summed E-state index contributed by atoms with van der Waals surface area (Å²) < 4.78 is 4.66. The second-order valence-electron chi connectivity index (χ2n) is 4.39. The molecular weight excluding hydrogens is 292 g/mol. The maximum atomic E-state index is 11.4. The molecule has 0 fully saturated rings. The Balaban J connectivity index is 2.04. The minimum absolute atomic E-state index is 0.113. The molecule has 3 aromatic rings. The van der Waals surface area contributed by atoms with Gasteiger partial charge in [0, 0.05) is 5.69 Å². The van der Waals surface area contributed by atoms with Crippen molar-refractivity contribution < 1.29 is 9.53 Å². The van der Waals surface area contributed by atoms with Gasteiger partial charge in [-0.15, -0.1) is 0 Å². The number of nitrogens with two attached hydrogens (primary N) is 1. The molecule has 0 aliphatic carbocycles. The Hall–Kier alpha value is -2.60. The third-order valence-electron chi connectivity index (χ3n) is 3.08. The van der Waals surface area contributed by atoms with Crippen LogP contribution in [0.2, 0.25) is 5.15 Å². The number of hydrogen-bond donors (Lipinski definition) is 2. The van der Waals surface area contributed by atoms with Crippen LogP contribution in [-0.2, 0) is 4.74 Å². The van der Waals surface area contributed by atoms with E-state index in [1.807, 2.05) is 18.2 Å². The van der Waals surface area contributed by atoms with Gasteiger partial charge in [0.25, 0.3) is 0 Å². The Bertz CT molecular complexity index is 827. The summed E-state index contributed by atoms with van der Waals surface area (Å²) in [4.78, 5) is 22.5. The number of nitrogens with zero attached hydrogens (tertiary/aromatic N) is 2. The van der Waals surface area contributed by atoms with E-state index in [0.717, 1.165) is 11.3 Å². The van der Waals surface area contributed by atoms with Crippen molar-refractivity contribution in [3.63, 3.8) is 0 Å². The van der Waals surface area contributed by atoms with Gasteiger partial charge in [-0.25, -0.2) is 9.78 Å². The first-order valence-electron chi connectivity index (χ1n) is 6.09. The van der Waals surface area contributed by atoms with Gasteiger partial charge in [-0.05, 0) is 23.8 Å². The van der Waals surface area contributed by atoms with Gasteiger partial charge in [-0.3, -0.25) is 0 Å². The number of H-pyrrole nitrogens is 1. The number of aromatic amines is 1. The minimum Gasteiger partial charge on any atom is -0.465 e. The maximum absolute atomic E-state index is 11.4. The van der Waals surface area contributed by atoms with E-state index in [0.29, 0.717) is 21.7 Å². The van der Waals surface area contributed by atoms with Crippen LogP contribution in [-0.4, -0.2) is 28.0 Å². The molecule has 2 aromatic heterocycles. The van der Waals surface area contributed by atoms with Crippen LogP contribution >= 0.6 is 11.6 Å². The van der Waals surface area contributed by atoms with Crippen LogP contribution in [0.1, 0.15) is 10.4 Å². The van der Waals surface area contributed by atoms with Crippen LogP contribution < -0.4 is 5.73 Å². The first kappa shape index (κ1) is 13.4. The zero-order valence-corrected chi connectivity index (χ0v) is 11.8. The molecule has 0 spiro atoms. The van der Waals surface area contributed by atoms with E-state index < -0.39 is 0 Å². The largest absolute Gasteiger partial charge is 0.465 e. The highest BCUT2D eigenvalue weighted by Crippen LogP contribution is 2.27. The summed E-state index contributed by atoms with van der Waals surface area (Å²) in [7, 11) is 1.35. The normalized spacial score (nSPS) is 10.8. The number of nitrogen functional groups attached to an aromatic ring is 1. The molecule has 0 bridgehead atoms. The third-order valence-corrected chi connectivity index (χ3v) is 3.36. The number of carbonyl (C=O) groups excluding carboxylic acids is 1. The van der Waals surface area contributed by atoms with Crippen LogP contribution in [0.5, 0.6) is 0 Å². The SMILES string of the molecule is COC(=O)c1ccc(-c2cc3c(Cl)nc(N)nc3[nH]2)cc1. The Morgan fingerprint density at radius 2 is 2.00 bits per heavy atom. The lowest BCUT2D eigenvalue weighted by atomic mass is 10.1. The van der Waals surface area contributed by atoms with Gasteiger partial charge in [0.2, 0.25) is 5.95 Å². The molecule has 7 heteroatoms. The van der Waals surface area contributed by atoms with Crippen molar-refractivity contribution in [1.82, 2.24) is 15.0 Å². The lowest BCUT2D eigenvalue weighted by molar-refractivity contribution is 0.0601. The van der Waals surface area contributed by atoms with Gasteiger partial charge < -0.3 is 15.5 Å². The maximum Gasteiger partial charge on any atom is 0.337 e. The standard InChI is InChI=1S/C14H11ClN4O2/c1-21-13(20)8-4-2-7(3-5-8)10-6-9-11(15)18-14(16)19-12(9)17-10/h2-6H,1H3,(H3,16,17,18,19). The highest BCUT2D eigenvalue weighted by Gasteiger charge is 2.11. The Morgan fingerprint density at radius 3 is 2.67 bits per heavy atom. The Labute approximate surface area is 124 Å². The molecule has 0 radical (unpaired) electrons. The predicted octanol–water partition coefficient (Wildman–Crippen LogP) is 2.65. The molecule has 0 amide bonds. The summed E-state index contributed by atoms with van der Waals surface area (Å²) in [6, 6.07) is 8.83. The predicted molar refractivity (Wildman–Crippen MR) is 80.1 cm³/mol. The number of carbonyl (C=O) groups is 1. The third kappa shape index (κ3) is 2.41. The van der Waals surface area contributed by atoms with Crippen LogP contribution in [0.15, 0.2) is 30.3 Å². The molecule has 106 valence electrons. The molecule has 21 heavy (non-hydrogen) atoms. The lowest BCUT2D eigenvalue weighted by Gasteiger charge is -2.01. The highest BCUT2D eigenvalue weighted by atomic mass is 35.5. The number of ether oxygens (including phenoxy) is 1. The van der Waals surface area contributed by atoms with Crippen molar-refractivity contribution in [3.05, 3.63) is 41.0 Å². The summed E-state index contributed by atoms with van der Waals surface area (Å²) >= 11 is 6.04. The molecule has 2 heterocycles. The van der Waals surface area contributed by atoms with Crippen molar-refractivity contribution in [2.45, 2.75) is 0 Å². The van der Waals surface area contributed by atoms with E-state index in [4.69, 9.17) is 17.3 Å². The average Bonchev–Trinajstić information content (AvgIpc) is 2.91. The van der Waals surface area contributed by atoms with E-state index in [1.54, 1.807) is 12.1 Å². The van der Waals surface area contributed by atoms with Gasteiger partial charge in [-0.2, -0.15) is 4.98 Å². The first-order chi connectivity index (χ1) is 10.1. The summed E-state index contributed by atoms with van der Waals surface area (Å²) in [6.07, 6.45) is 0. The zero-order valence-electron chi connectivity index (χ0n) is 11.1. The molecule has 0 saturated carbocycles. The molecule has 0 atom stereocenters. The number of aromatic nitrogens is 3. The number of hydrogen-bond acceptors (Lipinski definition) is 5. The number of nitrogens with one attached hydrogen (secondary N) is 1. The van der Waals surface area contributed by atoms with Gasteiger partial charge in [0.1, 0.15) is 10.8 Å². The first-order valence-corrected chi connectivity index (χ1v) is 6.47. The van der Waals surface area contributed by atoms with Gasteiger partial charge in [-0.1, -0.05) is 23.7 Å². The van der Waals surface area contributed by atoms with E-state index in [2.05, 4.69) is 19.7 Å². The topological polar surface area (TPSA) is 93.9 Å². The number of fused-ring (bicyclic) bond motifs is 1. The lowest BCUT2D eigenvalue weighted by Crippen LogP contribution is -2.00. The number of halogens is 1. The zero-order chi connectivity index (χ0) is 15.0. The van der Waals surface area contributed by atoms with Crippen LogP contribution in [0.4, 0.5) is 5.95 Å². The van der Waals surface area contributed by atoms with Crippen molar-refractivity contribution in [3.8, 4) is 11.3 Å². The number of esters is 1. The molecule has 3 N–H and O–H groups in total. The summed E-state index contributed by atoms with van der Waals surface area (Å²) in [6.45, 7) is 0.